The highest BCUT2D eigenvalue weighted by Gasteiger charge is 2.17. The van der Waals surface area contributed by atoms with E-state index < -0.39 is 12.0 Å². The van der Waals surface area contributed by atoms with E-state index in [0.717, 1.165) is 0 Å². The monoisotopic (exact) mass is 193 g/mol. The minimum absolute atomic E-state index is 0.0267. The van der Waals surface area contributed by atoms with Gasteiger partial charge in [0.25, 0.3) is 0 Å². The van der Waals surface area contributed by atoms with Crippen LogP contribution in [0.3, 0.4) is 0 Å². The van der Waals surface area contributed by atoms with Crippen molar-refractivity contribution in [2.24, 2.45) is 5.11 Å². The molecule has 0 amide bonds. The van der Waals surface area contributed by atoms with Gasteiger partial charge in [-0.2, -0.15) is 0 Å². The van der Waals surface area contributed by atoms with Crippen molar-refractivity contribution in [1.29, 1.82) is 0 Å². The molecule has 1 aromatic rings. The van der Waals surface area contributed by atoms with Crippen molar-refractivity contribution in [3.05, 3.63) is 40.3 Å². The molecule has 0 radical (unpaired) electrons. The molecule has 0 fully saturated rings. The summed E-state index contributed by atoms with van der Waals surface area (Å²) in [6, 6.07) is 4.20. The Bertz CT molecular complexity index is 379. The highest BCUT2D eigenvalue weighted by molar-refractivity contribution is 5.75. The molecule has 0 saturated heterocycles. The number of rotatable bonds is 3. The number of phenolic OH excluding ortho intramolecular Hbond substituents is 1. The van der Waals surface area contributed by atoms with Crippen molar-refractivity contribution < 1.29 is 15.0 Å². The van der Waals surface area contributed by atoms with Gasteiger partial charge in [0.2, 0.25) is 0 Å². The first-order chi connectivity index (χ1) is 6.65. The molecule has 0 saturated carbocycles. The highest BCUT2D eigenvalue weighted by atomic mass is 16.4. The average Bonchev–Trinajstić information content (AvgIpc) is 2.15. The predicted octanol–water partition coefficient (Wildman–Crippen LogP) is 1.83. The molecule has 1 atom stereocenters. The van der Waals surface area contributed by atoms with Gasteiger partial charge in [-0.3, -0.25) is 4.79 Å². The summed E-state index contributed by atoms with van der Waals surface area (Å²) < 4.78 is 0. The number of aromatic hydroxyl groups is 1. The molecule has 2 N–H and O–H groups in total. The molecule has 14 heavy (non-hydrogen) atoms. The fourth-order valence-corrected chi connectivity index (χ4v) is 0.967. The van der Waals surface area contributed by atoms with Crippen LogP contribution in [0.1, 0.15) is 11.6 Å². The molecule has 0 unspecified atom stereocenters. The van der Waals surface area contributed by atoms with Gasteiger partial charge in [0.05, 0.1) is 0 Å². The molecular weight excluding hydrogens is 186 g/mol. The Kier molecular flexibility index (Phi) is 2.93. The molecule has 0 spiro atoms. The van der Waals surface area contributed by atoms with Gasteiger partial charge in [0.15, 0.2) is 6.04 Å². The van der Waals surface area contributed by atoms with E-state index >= 15 is 0 Å². The number of benzene rings is 1. The number of hydrogen-bond donors (Lipinski definition) is 2. The first-order valence-corrected chi connectivity index (χ1v) is 3.71. The number of phenols is 1. The fourth-order valence-electron chi connectivity index (χ4n) is 0.967. The highest BCUT2D eigenvalue weighted by Crippen LogP contribution is 2.20. The van der Waals surface area contributed by atoms with Crippen molar-refractivity contribution in [2.75, 3.05) is 0 Å². The third-order valence-electron chi connectivity index (χ3n) is 1.61. The molecule has 1 rings (SSSR count). The number of azide groups is 1. The van der Waals surface area contributed by atoms with Crippen LogP contribution in [0.5, 0.6) is 5.75 Å². The van der Waals surface area contributed by atoms with Gasteiger partial charge < -0.3 is 10.2 Å². The second-order valence-electron chi connectivity index (χ2n) is 2.54. The Morgan fingerprint density at radius 3 is 2.43 bits per heavy atom. The molecular formula is C8H7N3O3. The van der Waals surface area contributed by atoms with Crippen molar-refractivity contribution in [3.63, 3.8) is 0 Å². The number of carbonyl (C=O) groups is 1. The lowest BCUT2D eigenvalue weighted by Gasteiger charge is -2.05. The van der Waals surface area contributed by atoms with Gasteiger partial charge in [-0.1, -0.05) is 17.2 Å². The minimum Gasteiger partial charge on any atom is -0.508 e. The first-order valence-electron chi connectivity index (χ1n) is 3.71. The van der Waals surface area contributed by atoms with Crippen LogP contribution in [0.15, 0.2) is 29.4 Å². The first kappa shape index (κ1) is 9.88. The Balaban J connectivity index is 3.05. The Morgan fingerprint density at radius 2 is 2.00 bits per heavy atom. The largest absolute Gasteiger partial charge is 0.508 e. The Labute approximate surface area is 79.0 Å². The van der Waals surface area contributed by atoms with Crippen LogP contribution in [-0.2, 0) is 4.79 Å². The fraction of sp³-hybridized carbons (Fsp3) is 0.125. The average molecular weight is 193 g/mol. The van der Waals surface area contributed by atoms with Crippen LogP contribution in [0.4, 0.5) is 0 Å². The molecule has 6 nitrogen and oxygen atoms in total. The van der Waals surface area contributed by atoms with Crippen LogP contribution in [0, 0.1) is 0 Å². The second-order valence-corrected chi connectivity index (χ2v) is 2.54. The second kappa shape index (κ2) is 4.15. The van der Waals surface area contributed by atoms with Gasteiger partial charge in [0.1, 0.15) is 5.75 Å². The quantitative estimate of drug-likeness (QED) is 0.434. The van der Waals surface area contributed by atoms with Gasteiger partial charge >= 0.3 is 5.97 Å². The number of carboxylic acid groups (broad SMARTS) is 1. The summed E-state index contributed by atoms with van der Waals surface area (Å²) in [5.41, 5.74) is 8.47. The minimum atomic E-state index is -1.25. The third-order valence-corrected chi connectivity index (χ3v) is 1.61. The Morgan fingerprint density at radius 1 is 1.43 bits per heavy atom. The van der Waals surface area contributed by atoms with E-state index in [2.05, 4.69) is 10.0 Å². The maximum Gasteiger partial charge on any atom is 0.316 e. The molecule has 0 bridgehead atoms. The smallest absolute Gasteiger partial charge is 0.316 e. The number of hydrogen-bond acceptors (Lipinski definition) is 3. The maximum atomic E-state index is 10.6. The summed E-state index contributed by atoms with van der Waals surface area (Å²) in [7, 11) is 0. The SMILES string of the molecule is [N-]=[N+]=N[C@@H](C(=O)O)c1ccc(O)cc1. The van der Waals surface area contributed by atoms with Crippen LogP contribution in [0.25, 0.3) is 10.4 Å². The zero-order valence-electron chi connectivity index (χ0n) is 7.03. The van der Waals surface area contributed by atoms with E-state index in [1.54, 1.807) is 0 Å². The van der Waals surface area contributed by atoms with E-state index in [1.165, 1.54) is 24.3 Å². The third kappa shape index (κ3) is 2.15. The van der Waals surface area contributed by atoms with Crippen LogP contribution in [-0.4, -0.2) is 16.2 Å². The van der Waals surface area contributed by atoms with E-state index in [-0.39, 0.29) is 5.75 Å². The number of aliphatic carboxylic acids is 1. The van der Waals surface area contributed by atoms with Gasteiger partial charge in [-0.05, 0) is 23.2 Å². The van der Waals surface area contributed by atoms with Crippen LogP contribution >= 0.6 is 0 Å². The van der Waals surface area contributed by atoms with Gasteiger partial charge in [0, 0.05) is 4.91 Å². The zero-order valence-corrected chi connectivity index (χ0v) is 7.03. The van der Waals surface area contributed by atoms with E-state index in [4.69, 9.17) is 15.7 Å². The predicted molar refractivity (Wildman–Crippen MR) is 47.6 cm³/mol. The standard InChI is InChI=1S/C8H7N3O3/c9-11-10-7(8(13)14)5-1-3-6(12)4-2-5/h1-4,7,12H,(H,13,14)/t7-/m1/s1. The number of carboxylic acids is 1. The summed E-state index contributed by atoms with van der Waals surface area (Å²) in [6.45, 7) is 0. The normalized spacial score (nSPS) is 11.4. The summed E-state index contributed by atoms with van der Waals surface area (Å²) in [4.78, 5) is 13.1. The molecule has 0 heterocycles. The van der Waals surface area contributed by atoms with Gasteiger partial charge in [-0.25, -0.2) is 0 Å². The van der Waals surface area contributed by atoms with Crippen molar-refractivity contribution in [2.45, 2.75) is 6.04 Å². The molecule has 72 valence electrons. The molecule has 0 aliphatic rings. The van der Waals surface area contributed by atoms with Crippen LogP contribution < -0.4 is 0 Å². The van der Waals surface area contributed by atoms with E-state index in [9.17, 15) is 4.79 Å². The number of nitrogens with zero attached hydrogens (tertiary/aromatic N) is 3. The van der Waals surface area contributed by atoms with Crippen LogP contribution in [0.2, 0.25) is 0 Å². The van der Waals surface area contributed by atoms with Crippen molar-refractivity contribution >= 4 is 5.97 Å². The zero-order chi connectivity index (χ0) is 10.6. The van der Waals surface area contributed by atoms with Gasteiger partial charge in [-0.15, -0.1) is 0 Å². The summed E-state index contributed by atoms with van der Waals surface area (Å²) in [5, 5.41) is 20.8. The molecule has 1 aromatic carbocycles. The summed E-state index contributed by atoms with van der Waals surface area (Å²) in [6.07, 6.45) is 0. The van der Waals surface area contributed by atoms with E-state index in [1.807, 2.05) is 0 Å². The molecule has 6 heteroatoms. The Hall–Kier alpha value is -2.20. The lowest BCUT2D eigenvalue weighted by molar-refractivity contribution is -0.138. The summed E-state index contributed by atoms with van der Waals surface area (Å²) >= 11 is 0. The molecule has 0 aliphatic carbocycles. The maximum absolute atomic E-state index is 10.6. The lowest BCUT2D eigenvalue weighted by Crippen LogP contribution is -2.07. The van der Waals surface area contributed by atoms with E-state index in [0.29, 0.717) is 5.56 Å². The topological polar surface area (TPSA) is 106 Å². The van der Waals surface area contributed by atoms with Crippen molar-refractivity contribution in [1.82, 2.24) is 0 Å². The molecule has 0 aromatic heterocycles. The van der Waals surface area contributed by atoms with Crippen molar-refractivity contribution in [3.8, 4) is 5.75 Å². The summed E-state index contributed by atoms with van der Waals surface area (Å²) in [5.74, 6) is -1.20. The molecule has 0 aliphatic heterocycles. The lowest BCUT2D eigenvalue weighted by atomic mass is 10.1.